The van der Waals surface area contributed by atoms with Crippen LogP contribution in [0.4, 0.5) is 0 Å². The summed E-state index contributed by atoms with van der Waals surface area (Å²) in [5.74, 6) is 0.803. The van der Waals surface area contributed by atoms with E-state index in [0.717, 1.165) is 25.0 Å². The molecule has 106 valence electrons. The summed E-state index contributed by atoms with van der Waals surface area (Å²) in [6.07, 6.45) is 4.11. The molecule has 1 aromatic carbocycles. The minimum absolute atomic E-state index is 0.803. The Balaban J connectivity index is 1.94. The molecule has 0 radical (unpaired) electrons. The third-order valence-corrected chi connectivity index (χ3v) is 3.81. The van der Waals surface area contributed by atoms with Gasteiger partial charge in [0.25, 0.3) is 0 Å². The number of rotatable bonds is 8. The van der Waals surface area contributed by atoms with E-state index >= 15 is 0 Å². The fraction of sp³-hybridized carbons (Fsp3) is 0.647. The molecule has 2 heteroatoms. The van der Waals surface area contributed by atoms with Gasteiger partial charge in [-0.25, -0.2) is 0 Å². The lowest BCUT2D eigenvalue weighted by atomic mass is 10.1. The van der Waals surface area contributed by atoms with Crippen LogP contribution >= 0.6 is 0 Å². The second-order valence-electron chi connectivity index (χ2n) is 6.23. The lowest BCUT2D eigenvalue weighted by Gasteiger charge is -2.23. The first-order valence-electron chi connectivity index (χ1n) is 7.65. The molecule has 1 fully saturated rings. The number of benzene rings is 1. The van der Waals surface area contributed by atoms with Gasteiger partial charge in [0, 0.05) is 19.1 Å². The molecule has 1 aliphatic carbocycles. The van der Waals surface area contributed by atoms with Crippen molar-refractivity contribution in [2.75, 3.05) is 13.6 Å². The second-order valence-corrected chi connectivity index (χ2v) is 6.23. The Kier molecular flexibility index (Phi) is 5.41. The average molecular weight is 260 g/mol. The van der Waals surface area contributed by atoms with E-state index < -0.39 is 0 Å². The Hall–Kier alpha value is -0.860. The maximum absolute atomic E-state index is 3.23. The Morgan fingerprint density at radius 1 is 1.26 bits per heavy atom. The van der Waals surface area contributed by atoms with Crippen molar-refractivity contribution in [1.82, 2.24) is 10.2 Å². The van der Waals surface area contributed by atoms with Crippen LogP contribution in [0.5, 0.6) is 0 Å². The molecule has 1 N–H and O–H groups in total. The third kappa shape index (κ3) is 4.96. The maximum atomic E-state index is 3.23. The van der Waals surface area contributed by atoms with Gasteiger partial charge in [0.15, 0.2) is 0 Å². The van der Waals surface area contributed by atoms with Crippen molar-refractivity contribution in [1.29, 1.82) is 0 Å². The molecular weight excluding hydrogens is 232 g/mol. The molecule has 0 heterocycles. The van der Waals surface area contributed by atoms with Gasteiger partial charge >= 0.3 is 0 Å². The second kappa shape index (κ2) is 7.06. The van der Waals surface area contributed by atoms with E-state index in [9.17, 15) is 0 Å². The fourth-order valence-electron chi connectivity index (χ4n) is 2.53. The Labute approximate surface area is 118 Å². The minimum Gasteiger partial charge on any atom is -0.316 e. The lowest BCUT2D eigenvalue weighted by molar-refractivity contribution is 0.239. The third-order valence-electron chi connectivity index (χ3n) is 3.81. The van der Waals surface area contributed by atoms with Gasteiger partial charge < -0.3 is 5.32 Å². The highest BCUT2D eigenvalue weighted by Crippen LogP contribution is 2.29. The molecule has 1 aromatic rings. The molecule has 1 saturated carbocycles. The van der Waals surface area contributed by atoms with Crippen molar-refractivity contribution >= 4 is 0 Å². The van der Waals surface area contributed by atoms with Crippen LogP contribution in [0.15, 0.2) is 24.3 Å². The van der Waals surface area contributed by atoms with Gasteiger partial charge in [0.2, 0.25) is 0 Å². The van der Waals surface area contributed by atoms with E-state index in [1.54, 1.807) is 0 Å². The van der Waals surface area contributed by atoms with Gasteiger partial charge in [-0.1, -0.05) is 38.1 Å². The van der Waals surface area contributed by atoms with Crippen LogP contribution in [0.25, 0.3) is 0 Å². The van der Waals surface area contributed by atoms with Crippen LogP contribution in [-0.4, -0.2) is 24.5 Å². The molecule has 19 heavy (non-hydrogen) atoms. The summed E-state index contributed by atoms with van der Waals surface area (Å²) < 4.78 is 0. The van der Waals surface area contributed by atoms with E-state index in [4.69, 9.17) is 0 Å². The molecule has 0 atom stereocenters. The molecule has 0 aliphatic heterocycles. The zero-order chi connectivity index (χ0) is 13.7. The van der Waals surface area contributed by atoms with Crippen molar-refractivity contribution < 1.29 is 0 Å². The van der Waals surface area contributed by atoms with Crippen LogP contribution in [0.1, 0.15) is 44.2 Å². The fourth-order valence-corrected chi connectivity index (χ4v) is 2.53. The molecule has 1 aliphatic rings. The standard InChI is InChI=1S/C17H28N2/c1-14(2)9-10-19(17-7-8-17)13-16-6-4-5-15(11-16)12-18-3/h4-6,11,14,17-18H,7-10,12-13H2,1-3H3. The zero-order valence-corrected chi connectivity index (χ0v) is 12.7. The predicted molar refractivity (Wildman–Crippen MR) is 82.1 cm³/mol. The molecule has 0 spiro atoms. The molecule has 0 amide bonds. The lowest BCUT2D eigenvalue weighted by Crippen LogP contribution is -2.27. The maximum Gasteiger partial charge on any atom is 0.0236 e. The average Bonchev–Trinajstić information content (AvgIpc) is 3.19. The summed E-state index contributed by atoms with van der Waals surface area (Å²) in [6, 6.07) is 9.86. The van der Waals surface area contributed by atoms with E-state index in [0.29, 0.717) is 0 Å². The van der Waals surface area contributed by atoms with Crippen LogP contribution < -0.4 is 5.32 Å². The summed E-state index contributed by atoms with van der Waals surface area (Å²) >= 11 is 0. The Morgan fingerprint density at radius 2 is 2.00 bits per heavy atom. The molecule has 0 saturated heterocycles. The summed E-state index contributed by atoms with van der Waals surface area (Å²) in [5.41, 5.74) is 2.85. The Morgan fingerprint density at radius 3 is 2.63 bits per heavy atom. The molecule has 0 bridgehead atoms. The summed E-state index contributed by atoms with van der Waals surface area (Å²) in [5, 5.41) is 3.23. The molecular formula is C17H28N2. The van der Waals surface area contributed by atoms with Gasteiger partial charge in [-0.05, 0) is 49.9 Å². The van der Waals surface area contributed by atoms with Crippen LogP contribution in [0.3, 0.4) is 0 Å². The van der Waals surface area contributed by atoms with Crippen molar-refractivity contribution in [2.45, 2.75) is 52.2 Å². The smallest absolute Gasteiger partial charge is 0.0236 e. The van der Waals surface area contributed by atoms with Gasteiger partial charge in [0.05, 0.1) is 0 Å². The summed E-state index contributed by atoms with van der Waals surface area (Å²) in [7, 11) is 2.01. The highest BCUT2D eigenvalue weighted by Gasteiger charge is 2.28. The van der Waals surface area contributed by atoms with Crippen molar-refractivity contribution in [2.24, 2.45) is 5.92 Å². The summed E-state index contributed by atoms with van der Waals surface area (Å²) in [4.78, 5) is 2.68. The van der Waals surface area contributed by atoms with Gasteiger partial charge in [-0.15, -0.1) is 0 Å². The Bertz CT molecular complexity index is 383. The minimum atomic E-state index is 0.803. The first kappa shape index (κ1) is 14.5. The first-order chi connectivity index (χ1) is 9.19. The van der Waals surface area contributed by atoms with Crippen molar-refractivity contribution in [3.8, 4) is 0 Å². The predicted octanol–water partition coefficient (Wildman–Crippen LogP) is 3.42. The zero-order valence-electron chi connectivity index (χ0n) is 12.7. The highest BCUT2D eigenvalue weighted by molar-refractivity contribution is 5.23. The number of nitrogens with zero attached hydrogens (tertiary/aromatic N) is 1. The quantitative estimate of drug-likeness (QED) is 0.770. The largest absolute Gasteiger partial charge is 0.316 e. The highest BCUT2D eigenvalue weighted by atomic mass is 15.2. The monoisotopic (exact) mass is 260 g/mol. The van der Waals surface area contributed by atoms with Crippen molar-refractivity contribution in [3.05, 3.63) is 35.4 Å². The van der Waals surface area contributed by atoms with Gasteiger partial charge in [-0.2, -0.15) is 0 Å². The van der Waals surface area contributed by atoms with E-state index in [-0.39, 0.29) is 0 Å². The number of hydrogen-bond donors (Lipinski definition) is 1. The molecule has 0 aromatic heterocycles. The van der Waals surface area contributed by atoms with Crippen LogP contribution in [0.2, 0.25) is 0 Å². The van der Waals surface area contributed by atoms with E-state index in [1.165, 1.54) is 36.9 Å². The number of hydrogen-bond acceptors (Lipinski definition) is 2. The van der Waals surface area contributed by atoms with Gasteiger partial charge in [0.1, 0.15) is 0 Å². The SMILES string of the molecule is CNCc1cccc(CN(CCC(C)C)C2CC2)c1. The molecule has 2 nitrogen and oxygen atoms in total. The van der Waals surface area contributed by atoms with E-state index in [1.807, 2.05) is 7.05 Å². The van der Waals surface area contributed by atoms with Crippen LogP contribution in [-0.2, 0) is 13.1 Å². The van der Waals surface area contributed by atoms with E-state index in [2.05, 4.69) is 48.3 Å². The topological polar surface area (TPSA) is 15.3 Å². The normalized spacial score (nSPS) is 15.4. The first-order valence-corrected chi connectivity index (χ1v) is 7.65. The molecule has 2 rings (SSSR count). The van der Waals surface area contributed by atoms with Crippen LogP contribution in [0, 0.1) is 5.92 Å². The molecule has 0 unspecified atom stereocenters. The van der Waals surface area contributed by atoms with Crippen molar-refractivity contribution in [3.63, 3.8) is 0 Å². The number of nitrogens with one attached hydrogen (secondary N) is 1. The summed E-state index contributed by atoms with van der Waals surface area (Å²) in [6.45, 7) is 7.97. The van der Waals surface area contributed by atoms with Gasteiger partial charge in [-0.3, -0.25) is 4.90 Å².